The molecule has 0 aliphatic heterocycles. The number of halogens is 1. The highest BCUT2D eigenvalue weighted by molar-refractivity contribution is 9.10. The molecule has 3 aromatic carbocycles. The van der Waals surface area contributed by atoms with Crippen molar-refractivity contribution < 1.29 is 4.74 Å². The second-order valence-electron chi connectivity index (χ2n) is 5.11. The molecule has 0 spiro atoms. The molecule has 3 aromatic rings. The number of nitrogens with two attached hydrogens (primary N) is 1. The van der Waals surface area contributed by atoms with Gasteiger partial charge in [0.2, 0.25) is 0 Å². The summed E-state index contributed by atoms with van der Waals surface area (Å²) in [4.78, 5) is 0. The smallest absolute Gasteiger partial charge is 0.128 e. The van der Waals surface area contributed by atoms with E-state index in [1.165, 1.54) is 5.39 Å². The number of rotatable bonds is 3. The van der Waals surface area contributed by atoms with Gasteiger partial charge in [-0.15, -0.1) is 0 Å². The van der Waals surface area contributed by atoms with Crippen molar-refractivity contribution in [3.05, 3.63) is 70.7 Å². The first-order valence-electron chi connectivity index (χ1n) is 6.84. The summed E-state index contributed by atoms with van der Waals surface area (Å²) in [6.45, 7) is 1.97. The molecule has 21 heavy (non-hydrogen) atoms. The average Bonchev–Trinajstić information content (AvgIpc) is 2.48. The van der Waals surface area contributed by atoms with Crippen LogP contribution in [-0.2, 0) is 0 Å². The van der Waals surface area contributed by atoms with Crippen LogP contribution in [0.1, 0.15) is 18.5 Å². The van der Waals surface area contributed by atoms with Crippen LogP contribution in [0.15, 0.2) is 65.1 Å². The molecule has 0 amide bonds. The van der Waals surface area contributed by atoms with E-state index in [1.54, 1.807) is 0 Å². The van der Waals surface area contributed by atoms with Crippen molar-refractivity contribution in [1.82, 2.24) is 0 Å². The molecule has 106 valence electrons. The van der Waals surface area contributed by atoms with Gasteiger partial charge in [0.25, 0.3) is 0 Å². The van der Waals surface area contributed by atoms with Crippen LogP contribution in [0.2, 0.25) is 0 Å². The van der Waals surface area contributed by atoms with Crippen molar-refractivity contribution in [1.29, 1.82) is 0 Å². The molecule has 0 fully saturated rings. The number of hydrogen-bond acceptors (Lipinski definition) is 2. The minimum atomic E-state index is 0.0400. The first kappa shape index (κ1) is 14.1. The van der Waals surface area contributed by atoms with Gasteiger partial charge in [0.1, 0.15) is 11.5 Å². The quantitative estimate of drug-likeness (QED) is 0.690. The molecule has 0 radical (unpaired) electrons. The summed E-state index contributed by atoms with van der Waals surface area (Å²) in [7, 11) is 0. The molecule has 2 N–H and O–H groups in total. The molecule has 0 heterocycles. The van der Waals surface area contributed by atoms with E-state index in [1.807, 2.05) is 49.4 Å². The van der Waals surface area contributed by atoms with Gasteiger partial charge >= 0.3 is 0 Å². The maximum atomic E-state index is 5.90. The van der Waals surface area contributed by atoms with Gasteiger partial charge in [-0.05, 0) is 59.7 Å². The minimum absolute atomic E-state index is 0.0400. The van der Waals surface area contributed by atoms with Crippen molar-refractivity contribution in [2.24, 2.45) is 5.73 Å². The third-order valence-corrected chi connectivity index (χ3v) is 3.91. The van der Waals surface area contributed by atoms with E-state index in [0.717, 1.165) is 26.9 Å². The number of benzene rings is 3. The standard InChI is InChI=1S/C18H16BrNO/c1-12(20)13-3-7-17(8-4-13)21-18-9-5-14-10-16(19)6-2-15(14)11-18/h2-12H,20H2,1H3. The number of hydrogen-bond donors (Lipinski definition) is 1. The number of ether oxygens (including phenoxy) is 1. The predicted molar refractivity (Wildman–Crippen MR) is 90.8 cm³/mol. The Kier molecular flexibility index (Phi) is 3.95. The summed E-state index contributed by atoms with van der Waals surface area (Å²) in [5.41, 5.74) is 6.95. The molecule has 0 saturated heterocycles. The first-order chi connectivity index (χ1) is 10.1. The molecule has 0 aliphatic rings. The molecular formula is C18H16BrNO. The van der Waals surface area contributed by atoms with Crippen LogP contribution in [0.25, 0.3) is 10.8 Å². The highest BCUT2D eigenvalue weighted by Crippen LogP contribution is 2.28. The Bertz CT molecular complexity index is 766. The monoisotopic (exact) mass is 341 g/mol. The van der Waals surface area contributed by atoms with Crippen LogP contribution in [0.5, 0.6) is 11.5 Å². The largest absolute Gasteiger partial charge is 0.457 e. The highest BCUT2D eigenvalue weighted by Gasteiger charge is 2.02. The zero-order valence-electron chi connectivity index (χ0n) is 11.7. The van der Waals surface area contributed by atoms with Gasteiger partial charge in [0.05, 0.1) is 0 Å². The Morgan fingerprint density at radius 2 is 1.48 bits per heavy atom. The first-order valence-corrected chi connectivity index (χ1v) is 7.64. The third-order valence-electron chi connectivity index (χ3n) is 3.42. The van der Waals surface area contributed by atoms with Crippen molar-refractivity contribution in [3.63, 3.8) is 0 Å². The maximum absolute atomic E-state index is 5.90. The van der Waals surface area contributed by atoms with Crippen LogP contribution in [-0.4, -0.2) is 0 Å². The van der Waals surface area contributed by atoms with E-state index >= 15 is 0 Å². The van der Waals surface area contributed by atoms with Gasteiger partial charge < -0.3 is 10.5 Å². The van der Waals surface area contributed by atoms with E-state index < -0.39 is 0 Å². The summed E-state index contributed by atoms with van der Waals surface area (Å²) in [5.74, 6) is 1.65. The SMILES string of the molecule is CC(N)c1ccc(Oc2ccc3cc(Br)ccc3c2)cc1. The van der Waals surface area contributed by atoms with Gasteiger partial charge in [-0.2, -0.15) is 0 Å². The predicted octanol–water partition coefficient (Wildman–Crippen LogP) is 5.41. The van der Waals surface area contributed by atoms with Gasteiger partial charge in [-0.3, -0.25) is 0 Å². The van der Waals surface area contributed by atoms with Crippen molar-refractivity contribution >= 4 is 26.7 Å². The Morgan fingerprint density at radius 3 is 2.19 bits per heavy atom. The zero-order valence-corrected chi connectivity index (χ0v) is 13.3. The summed E-state index contributed by atoms with van der Waals surface area (Å²) >= 11 is 3.48. The van der Waals surface area contributed by atoms with E-state index in [0.29, 0.717) is 0 Å². The lowest BCUT2D eigenvalue weighted by Crippen LogP contribution is -2.04. The lowest BCUT2D eigenvalue weighted by atomic mass is 10.1. The Labute approximate surface area is 132 Å². The fourth-order valence-corrected chi connectivity index (χ4v) is 2.61. The molecule has 2 nitrogen and oxygen atoms in total. The van der Waals surface area contributed by atoms with Crippen LogP contribution in [0, 0.1) is 0 Å². The normalized spacial score (nSPS) is 12.3. The van der Waals surface area contributed by atoms with E-state index in [2.05, 4.69) is 34.1 Å². The summed E-state index contributed by atoms with van der Waals surface area (Å²) in [6, 6.07) is 20.2. The van der Waals surface area contributed by atoms with Crippen LogP contribution in [0.4, 0.5) is 0 Å². The van der Waals surface area contributed by atoms with Crippen molar-refractivity contribution in [2.45, 2.75) is 13.0 Å². The molecule has 0 bridgehead atoms. The molecule has 1 unspecified atom stereocenters. The summed E-state index contributed by atoms with van der Waals surface area (Å²) in [6.07, 6.45) is 0. The molecule has 3 heteroatoms. The Balaban J connectivity index is 1.85. The molecule has 0 saturated carbocycles. The molecule has 3 rings (SSSR count). The maximum Gasteiger partial charge on any atom is 0.128 e. The van der Waals surface area contributed by atoms with Gasteiger partial charge in [-0.25, -0.2) is 0 Å². The Hall–Kier alpha value is -1.84. The van der Waals surface area contributed by atoms with Gasteiger partial charge in [0.15, 0.2) is 0 Å². The van der Waals surface area contributed by atoms with Crippen LogP contribution >= 0.6 is 15.9 Å². The minimum Gasteiger partial charge on any atom is -0.457 e. The number of fused-ring (bicyclic) bond motifs is 1. The molecular weight excluding hydrogens is 326 g/mol. The molecule has 1 atom stereocenters. The molecule has 0 aliphatic carbocycles. The van der Waals surface area contributed by atoms with E-state index in [4.69, 9.17) is 10.5 Å². The van der Waals surface area contributed by atoms with Crippen LogP contribution in [0.3, 0.4) is 0 Å². The topological polar surface area (TPSA) is 35.2 Å². The zero-order chi connectivity index (χ0) is 14.8. The lowest BCUT2D eigenvalue weighted by Gasteiger charge is -2.09. The van der Waals surface area contributed by atoms with Crippen molar-refractivity contribution in [2.75, 3.05) is 0 Å². The Morgan fingerprint density at radius 1 is 0.857 bits per heavy atom. The fourth-order valence-electron chi connectivity index (χ4n) is 2.23. The fraction of sp³-hybridized carbons (Fsp3) is 0.111. The van der Waals surface area contributed by atoms with Gasteiger partial charge in [-0.1, -0.05) is 40.2 Å². The second kappa shape index (κ2) is 5.88. The average molecular weight is 342 g/mol. The second-order valence-corrected chi connectivity index (χ2v) is 6.03. The van der Waals surface area contributed by atoms with Gasteiger partial charge in [0, 0.05) is 10.5 Å². The summed E-state index contributed by atoms with van der Waals surface area (Å²) < 4.78 is 6.98. The van der Waals surface area contributed by atoms with E-state index in [-0.39, 0.29) is 6.04 Å². The van der Waals surface area contributed by atoms with Crippen LogP contribution < -0.4 is 10.5 Å². The molecule has 0 aromatic heterocycles. The van der Waals surface area contributed by atoms with Crippen molar-refractivity contribution in [3.8, 4) is 11.5 Å². The third kappa shape index (κ3) is 3.26. The lowest BCUT2D eigenvalue weighted by molar-refractivity contribution is 0.483. The highest BCUT2D eigenvalue weighted by atomic mass is 79.9. The van der Waals surface area contributed by atoms with E-state index in [9.17, 15) is 0 Å². The summed E-state index contributed by atoms with van der Waals surface area (Å²) in [5, 5.41) is 2.34.